The van der Waals surface area contributed by atoms with E-state index in [1.807, 2.05) is 5.01 Å². The zero-order chi connectivity index (χ0) is 7.49. The van der Waals surface area contributed by atoms with Gasteiger partial charge in [0, 0.05) is 13.1 Å². The van der Waals surface area contributed by atoms with Gasteiger partial charge < -0.3 is 0 Å². The van der Waals surface area contributed by atoms with E-state index in [1.165, 1.54) is 0 Å². The highest BCUT2D eigenvalue weighted by Gasteiger charge is 2.11. The summed E-state index contributed by atoms with van der Waals surface area (Å²) in [5, 5.41) is 1.83. The van der Waals surface area contributed by atoms with Crippen molar-refractivity contribution in [2.45, 2.75) is 27.7 Å². The average molecular weight is 130 g/mol. The zero-order valence-corrected chi connectivity index (χ0v) is 6.94. The van der Waals surface area contributed by atoms with Crippen LogP contribution in [0.25, 0.3) is 0 Å². The molecule has 0 aromatic carbocycles. The van der Waals surface area contributed by atoms with Gasteiger partial charge in [-0.3, -0.25) is 5.84 Å². The molecule has 0 radical (unpaired) electrons. The molecule has 0 bridgehead atoms. The number of hydrogen-bond donors (Lipinski definition) is 1. The molecule has 0 aliphatic rings. The first-order valence-corrected chi connectivity index (χ1v) is 3.45. The highest BCUT2D eigenvalue weighted by Crippen LogP contribution is 2.12. The summed E-state index contributed by atoms with van der Waals surface area (Å²) < 4.78 is 0. The van der Waals surface area contributed by atoms with Gasteiger partial charge in [-0.05, 0) is 5.41 Å². The van der Waals surface area contributed by atoms with Gasteiger partial charge in [0.1, 0.15) is 0 Å². The Balaban J connectivity index is 3.47. The summed E-state index contributed by atoms with van der Waals surface area (Å²) in [5.74, 6) is 5.59. The van der Waals surface area contributed by atoms with E-state index < -0.39 is 0 Å². The van der Waals surface area contributed by atoms with Gasteiger partial charge in [-0.2, -0.15) is 0 Å². The van der Waals surface area contributed by atoms with Crippen LogP contribution < -0.4 is 5.84 Å². The van der Waals surface area contributed by atoms with Crippen molar-refractivity contribution < 1.29 is 0 Å². The Hall–Kier alpha value is -0.0800. The van der Waals surface area contributed by atoms with E-state index in [2.05, 4.69) is 27.7 Å². The van der Waals surface area contributed by atoms with Crippen LogP contribution in [0.4, 0.5) is 0 Å². The molecule has 2 N–H and O–H groups in total. The smallest absolute Gasteiger partial charge is 0.0177 e. The van der Waals surface area contributed by atoms with Crippen LogP contribution in [0.3, 0.4) is 0 Å². The number of nitrogens with two attached hydrogens (primary N) is 1. The maximum atomic E-state index is 5.59. The van der Waals surface area contributed by atoms with Gasteiger partial charge in [-0.15, -0.1) is 0 Å². The Bertz CT molecular complexity index is 73.5. The van der Waals surface area contributed by atoms with E-state index >= 15 is 0 Å². The van der Waals surface area contributed by atoms with Crippen molar-refractivity contribution in [3.05, 3.63) is 0 Å². The van der Waals surface area contributed by atoms with Crippen LogP contribution in [0.1, 0.15) is 27.7 Å². The lowest BCUT2D eigenvalue weighted by molar-refractivity contribution is 0.203. The SMILES string of the molecule is CCN(N)CC(C)(C)C. The van der Waals surface area contributed by atoms with E-state index in [0.717, 1.165) is 13.1 Å². The molecule has 0 unspecified atom stereocenters. The van der Waals surface area contributed by atoms with E-state index in [9.17, 15) is 0 Å². The quantitative estimate of drug-likeness (QED) is 0.450. The lowest BCUT2D eigenvalue weighted by atomic mass is 9.97. The van der Waals surface area contributed by atoms with Gasteiger partial charge in [0.15, 0.2) is 0 Å². The highest BCUT2D eigenvalue weighted by molar-refractivity contribution is 4.63. The van der Waals surface area contributed by atoms with Crippen molar-refractivity contribution >= 4 is 0 Å². The molecule has 0 saturated heterocycles. The molecule has 0 aliphatic carbocycles. The Morgan fingerprint density at radius 3 is 1.89 bits per heavy atom. The van der Waals surface area contributed by atoms with Crippen molar-refractivity contribution in [3.8, 4) is 0 Å². The molecule has 56 valence electrons. The predicted molar refractivity (Wildman–Crippen MR) is 40.9 cm³/mol. The van der Waals surface area contributed by atoms with Gasteiger partial charge in [0.25, 0.3) is 0 Å². The Morgan fingerprint density at radius 1 is 1.33 bits per heavy atom. The third-order valence-corrected chi connectivity index (χ3v) is 1.08. The predicted octanol–water partition coefficient (Wildman–Crippen LogP) is 1.23. The first-order valence-electron chi connectivity index (χ1n) is 3.45. The van der Waals surface area contributed by atoms with E-state index in [4.69, 9.17) is 5.84 Å². The van der Waals surface area contributed by atoms with Crippen molar-refractivity contribution in [2.75, 3.05) is 13.1 Å². The van der Waals surface area contributed by atoms with Crippen molar-refractivity contribution in [3.63, 3.8) is 0 Å². The average Bonchev–Trinajstić information content (AvgIpc) is 1.62. The van der Waals surface area contributed by atoms with Gasteiger partial charge in [-0.25, -0.2) is 5.01 Å². The molecule has 2 nitrogen and oxygen atoms in total. The minimum Gasteiger partial charge on any atom is -0.269 e. The normalized spacial score (nSPS) is 12.7. The summed E-state index contributed by atoms with van der Waals surface area (Å²) >= 11 is 0. The van der Waals surface area contributed by atoms with Crippen LogP contribution in [0.2, 0.25) is 0 Å². The lowest BCUT2D eigenvalue weighted by Crippen LogP contribution is -2.37. The molecule has 0 rings (SSSR count). The summed E-state index contributed by atoms with van der Waals surface area (Å²) in [6.45, 7) is 10.5. The number of hydrazine groups is 1. The molecule has 0 aromatic rings. The molecule has 0 spiro atoms. The molecule has 2 heteroatoms. The van der Waals surface area contributed by atoms with E-state index in [1.54, 1.807) is 0 Å². The minimum atomic E-state index is 0.324. The summed E-state index contributed by atoms with van der Waals surface area (Å²) in [6, 6.07) is 0. The largest absolute Gasteiger partial charge is 0.269 e. The van der Waals surface area contributed by atoms with E-state index in [0.29, 0.717) is 5.41 Å². The molecule has 9 heavy (non-hydrogen) atoms. The molecule has 0 aromatic heterocycles. The fraction of sp³-hybridized carbons (Fsp3) is 1.00. The second kappa shape index (κ2) is 3.18. The molecule has 0 atom stereocenters. The Morgan fingerprint density at radius 2 is 1.78 bits per heavy atom. The molecule has 0 fully saturated rings. The first-order chi connectivity index (χ1) is 3.95. The van der Waals surface area contributed by atoms with Crippen molar-refractivity contribution in [1.82, 2.24) is 5.01 Å². The van der Waals surface area contributed by atoms with Gasteiger partial charge in [-0.1, -0.05) is 27.7 Å². The fourth-order valence-electron chi connectivity index (χ4n) is 0.721. The second-order valence-corrected chi connectivity index (χ2v) is 3.62. The molecular weight excluding hydrogens is 112 g/mol. The highest BCUT2D eigenvalue weighted by atomic mass is 15.4. The number of nitrogens with zero attached hydrogens (tertiary/aromatic N) is 1. The summed E-state index contributed by atoms with van der Waals surface area (Å²) in [7, 11) is 0. The summed E-state index contributed by atoms with van der Waals surface area (Å²) in [4.78, 5) is 0. The number of rotatable bonds is 2. The van der Waals surface area contributed by atoms with Gasteiger partial charge >= 0.3 is 0 Å². The number of hydrogen-bond acceptors (Lipinski definition) is 2. The zero-order valence-electron chi connectivity index (χ0n) is 6.94. The summed E-state index contributed by atoms with van der Waals surface area (Å²) in [5.41, 5.74) is 0.324. The van der Waals surface area contributed by atoms with Crippen molar-refractivity contribution in [2.24, 2.45) is 11.3 Å². The third-order valence-electron chi connectivity index (χ3n) is 1.08. The van der Waals surface area contributed by atoms with Crippen LogP contribution in [0.5, 0.6) is 0 Å². The Kier molecular flexibility index (Phi) is 3.15. The first kappa shape index (κ1) is 8.92. The summed E-state index contributed by atoms with van der Waals surface area (Å²) in [6.07, 6.45) is 0. The minimum absolute atomic E-state index is 0.324. The maximum absolute atomic E-state index is 5.59. The monoisotopic (exact) mass is 130 g/mol. The van der Waals surface area contributed by atoms with E-state index in [-0.39, 0.29) is 0 Å². The van der Waals surface area contributed by atoms with Crippen LogP contribution in [0, 0.1) is 5.41 Å². The second-order valence-electron chi connectivity index (χ2n) is 3.62. The molecule has 0 aliphatic heterocycles. The van der Waals surface area contributed by atoms with Crippen LogP contribution in [-0.2, 0) is 0 Å². The third kappa shape index (κ3) is 5.80. The topological polar surface area (TPSA) is 29.3 Å². The Labute approximate surface area is 58.0 Å². The molecule has 0 heterocycles. The van der Waals surface area contributed by atoms with Gasteiger partial charge in [0.2, 0.25) is 0 Å². The van der Waals surface area contributed by atoms with Crippen LogP contribution in [0.15, 0.2) is 0 Å². The van der Waals surface area contributed by atoms with Crippen molar-refractivity contribution in [1.29, 1.82) is 0 Å². The molecule has 0 saturated carbocycles. The van der Waals surface area contributed by atoms with Crippen LogP contribution >= 0.6 is 0 Å². The maximum Gasteiger partial charge on any atom is 0.0177 e. The lowest BCUT2D eigenvalue weighted by Gasteiger charge is -2.24. The van der Waals surface area contributed by atoms with Gasteiger partial charge in [0.05, 0.1) is 0 Å². The standard InChI is InChI=1S/C7H18N2/c1-5-9(8)6-7(2,3)4/h5-6,8H2,1-4H3. The molecule has 0 amide bonds. The fourth-order valence-corrected chi connectivity index (χ4v) is 0.721. The molecular formula is C7H18N2. The van der Waals surface area contributed by atoms with Crippen LogP contribution in [-0.4, -0.2) is 18.1 Å².